The average molecular weight is 267 g/mol. The molecule has 96 valence electrons. The van der Waals surface area contributed by atoms with E-state index >= 15 is 0 Å². The van der Waals surface area contributed by atoms with Crippen LogP contribution in [0.3, 0.4) is 0 Å². The van der Waals surface area contributed by atoms with Crippen LogP contribution >= 0.6 is 11.6 Å². The van der Waals surface area contributed by atoms with E-state index in [0.29, 0.717) is 6.04 Å². The zero-order valence-electron chi connectivity index (χ0n) is 10.1. The molecule has 4 heteroatoms. The van der Waals surface area contributed by atoms with E-state index in [1.807, 2.05) is 0 Å². The summed E-state index contributed by atoms with van der Waals surface area (Å²) in [6.45, 7) is 0. The quantitative estimate of drug-likeness (QED) is 0.899. The van der Waals surface area contributed by atoms with E-state index in [1.54, 1.807) is 6.07 Å². The van der Waals surface area contributed by atoms with E-state index in [4.69, 9.17) is 11.6 Å². The largest absolute Gasteiger partial charge is 0.295 e. The molecule has 0 spiro atoms. The highest BCUT2D eigenvalue weighted by Gasteiger charge is 2.19. The number of hydrogen-bond donors (Lipinski definition) is 1. The van der Waals surface area contributed by atoms with E-state index in [0.717, 1.165) is 18.4 Å². The Balaban J connectivity index is 2.07. The van der Waals surface area contributed by atoms with E-state index in [-0.39, 0.29) is 5.02 Å². The Bertz CT molecular complexity index is 450. The number of halogens is 2. The van der Waals surface area contributed by atoms with Gasteiger partial charge in [0.15, 0.2) is 0 Å². The van der Waals surface area contributed by atoms with Crippen LogP contribution in [0.25, 0.3) is 0 Å². The molecule has 0 bridgehead atoms. The van der Waals surface area contributed by atoms with Crippen molar-refractivity contribution in [1.82, 2.24) is 5.32 Å². The zero-order valence-corrected chi connectivity index (χ0v) is 10.9. The van der Waals surface area contributed by atoms with Gasteiger partial charge in [0.05, 0.1) is 11.1 Å². The summed E-state index contributed by atoms with van der Waals surface area (Å²) in [6, 6.07) is 6.65. The van der Waals surface area contributed by atoms with Gasteiger partial charge in [-0.05, 0) is 30.5 Å². The summed E-state index contributed by atoms with van der Waals surface area (Å²) in [4.78, 5) is 0. The number of nitrogens with one attached hydrogen (secondary N) is 1. The Morgan fingerprint density at radius 2 is 2.06 bits per heavy atom. The van der Waals surface area contributed by atoms with E-state index < -0.39 is 11.9 Å². The topological polar surface area (TPSA) is 35.8 Å². The molecule has 1 aromatic carbocycles. The van der Waals surface area contributed by atoms with Crippen LogP contribution in [0.4, 0.5) is 4.39 Å². The average Bonchev–Trinajstić information content (AvgIpc) is 2.40. The van der Waals surface area contributed by atoms with Crippen LogP contribution in [0, 0.1) is 17.1 Å². The molecule has 2 rings (SSSR count). The molecular formula is C14H16ClFN2. The standard InChI is InChI=1S/C14H16ClFN2/c15-12-8-10(6-7-13(12)16)14(9-17)18-11-4-2-1-3-5-11/h6-8,11,14,18H,1-5H2. The molecule has 1 atom stereocenters. The Morgan fingerprint density at radius 1 is 1.33 bits per heavy atom. The highest BCUT2D eigenvalue weighted by Crippen LogP contribution is 2.24. The van der Waals surface area contributed by atoms with Crippen molar-refractivity contribution in [2.75, 3.05) is 0 Å². The molecule has 2 nitrogen and oxygen atoms in total. The van der Waals surface area contributed by atoms with Crippen molar-refractivity contribution in [3.05, 3.63) is 34.6 Å². The van der Waals surface area contributed by atoms with Gasteiger partial charge in [-0.2, -0.15) is 5.26 Å². The minimum absolute atomic E-state index is 0.0678. The Hall–Kier alpha value is -1.11. The zero-order chi connectivity index (χ0) is 13.0. The van der Waals surface area contributed by atoms with Crippen LogP contribution < -0.4 is 5.32 Å². The van der Waals surface area contributed by atoms with Crippen molar-refractivity contribution >= 4 is 11.6 Å². The second-order valence-corrected chi connectivity index (χ2v) is 5.14. The third kappa shape index (κ3) is 3.22. The van der Waals surface area contributed by atoms with Crippen LogP contribution in [0.2, 0.25) is 5.02 Å². The molecular weight excluding hydrogens is 251 g/mol. The normalized spacial score (nSPS) is 18.3. The van der Waals surface area contributed by atoms with Crippen LogP contribution in [0.1, 0.15) is 43.7 Å². The van der Waals surface area contributed by atoms with Gasteiger partial charge in [0.2, 0.25) is 0 Å². The van der Waals surface area contributed by atoms with Gasteiger partial charge >= 0.3 is 0 Å². The van der Waals surface area contributed by atoms with Crippen molar-refractivity contribution in [2.45, 2.75) is 44.2 Å². The maximum absolute atomic E-state index is 13.1. The first-order valence-electron chi connectivity index (χ1n) is 6.31. The molecule has 1 unspecified atom stereocenters. The summed E-state index contributed by atoms with van der Waals surface area (Å²) in [7, 11) is 0. The monoisotopic (exact) mass is 266 g/mol. The first kappa shape index (κ1) is 13.3. The molecule has 0 aromatic heterocycles. The molecule has 1 aliphatic rings. The van der Waals surface area contributed by atoms with Crippen LogP contribution in [-0.2, 0) is 0 Å². The third-order valence-electron chi connectivity index (χ3n) is 3.41. The molecule has 1 aliphatic carbocycles. The lowest BCUT2D eigenvalue weighted by Gasteiger charge is -2.25. The molecule has 0 saturated heterocycles. The van der Waals surface area contributed by atoms with Gasteiger partial charge in [0.25, 0.3) is 0 Å². The number of nitriles is 1. The second kappa shape index (κ2) is 6.17. The Labute approximate surface area is 112 Å². The summed E-state index contributed by atoms with van der Waals surface area (Å²) < 4.78 is 13.1. The summed E-state index contributed by atoms with van der Waals surface area (Å²) in [5.74, 6) is -0.449. The van der Waals surface area contributed by atoms with Crippen molar-refractivity contribution < 1.29 is 4.39 Å². The molecule has 0 radical (unpaired) electrons. The minimum Gasteiger partial charge on any atom is -0.295 e. The summed E-state index contributed by atoms with van der Waals surface area (Å²) in [5, 5.41) is 12.6. The van der Waals surface area contributed by atoms with Crippen molar-refractivity contribution in [2.24, 2.45) is 0 Å². The highest BCUT2D eigenvalue weighted by atomic mass is 35.5. The maximum atomic E-state index is 13.1. The third-order valence-corrected chi connectivity index (χ3v) is 3.70. The van der Waals surface area contributed by atoms with Gasteiger partial charge in [-0.1, -0.05) is 36.9 Å². The minimum atomic E-state index is -0.449. The smallest absolute Gasteiger partial charge is 0.141 e. The fourth-order valence-electron chi connectivity index (χ4n) is 2.40. The summed E-state index contributed by atoms with van der Waals surface area (Å²) >= 11 is 5.75. The molecule has 1 saturated carbocycles. The SMILES string of the molecule is N#CC(NC1CCCCC1)c1ccc(F)c(Cl)c1. The Morgan fingerprint density at radius 3 is 2.67 bits per heavy atom. The highest BCUT2D eigenvalue weighted by molar-refractivity contribution is 6.30. The fourth-order valence-corrected chi connectivity index (χ4v) is 2.59. The summed E-state index contributed by atoms with van der Waals surface area (Å²) in [6.07, 6.45) is 5.90. The van der Waals surface area contributed by atoms with Gasteiger partial charge in [-0.3, -0.25) is 5.32 Å². The molecule has 1 N–H and O–H groups in total. The first-order valence-corrected chi connectivity index (χ1v) is 6.69. The van der Waals surface area contributed by atoms with Crippen LogP contribution in [0.5, 0.6) is 0 Å². The summed E-state index contributed by atoms with van der Waals surface area (Å²) in [5.41, 5.74) is 0.731. The maximum Gasteiger partial charge on any atom is 0.141 e. The van der Waals surface area contributed by atoms with E-state index in [1.165, 1.54) is 31.4 Å². The van der Waals surface area contributed by atoms with E-state index in [9.17, 15) is 9.65 Å². The van der Waals surface area contributed by atoms with Gasteiger partial charge in [0.1, 0.15) is 11.9 Å². The first-order chi connectivity index (χ1) is 8.70. The fraction of sp³-hybridized carbons (Fsp3) is 0.500. The van der Waals surface area contributed by atoms with Gasteiger partial charge in [-0.15, -0.1) is 0 Å². The number of hydrogen-bond acceptors (Lipinski definition) is 2. The molecule has 0 aliphatic heterocycles. The van der Waals surface area contributed by atoms with Gasteiger partial charge in [-0.25, -0.2) is 4.39 Å². The molecule has 1 aromatic rings. The van der Waals surface area contributed by atoms with E-state index in [2.05, 4.69) is 11.4 Å². The lowest BCUT2D eigenvalue weighted by Crippen LogP contribution is -2.33. The van der Waals surface area contributed by atoms with Crippen molar-refractivity contribution in [3.63, 3.8) is 0 Å². The molecule has 0 amide bonds. The number of rotatable bonds is 3. The van der Waals surface area contributed by atoms with Crippen molar-refractivity contribution in [1.29, 1.82) is 5.26 Å². The number of benzene rings is 1. The molecule has 18 heavy (non-hydrogen) atoms. The van der Waals surface area contributed by atoms with Crippen LogP contribution in [0.15, 0.2) is 18.2 Å². The molecule has 0 heterocycles. The molecule has 1 fully saturated rings. The van der Waals surface area contributed by atoms with Gasteiger partial charge in [0, 0.05) is 6.04 Å². The number of nitrogens with zero attached hydrogens (tertiary/aromatic N) is 1. The predicted molar refractivity (Wildman–Crippen MR) is 69.8 cm³/mol. The van der Waals surface area contributed by atoms with Crippen molar-refractivity contribution in [3.8, 4) is 6.07 Å². The van der Waals surface area contributed by atoms with Crippen LogP contribution in [-0.4, -0.2) is 6.04 Å². The lowest BCUT2D eigenvalue weighted by atomic mass is 9.94. The Kier molecular flexibility index (Phi) is 4.57. The predicted octanol–water partition coefficient (Wildman–Crippen LogP) is 3.97. The lowest BCUT2D eigenvalue weighted by molar-refractivity contribution is 0.359. The van der Waals surface area contributed by atoms with Gasteiger partial charge < -0.3 is 0 Å². The second-order valence-electron chi connectivity index (χ2n) is 4.74.